The van der Waals surface area contributed by atoms with Crippen LogP contribution in [-0.2, 0) is 9.57 Å². The molecule has 1 rings (SSSR count). The van der Waals surface area contributed by atoms with Gasteiger partial charge in [0, 0.05) is 0 Å². The third-order valence-corrected chi connectivity index (χ3v) is 1.61. The maximum absolute atomic E-state index is 11.2. The predicted molar refractivity (Wildman–Crippen MR) is 50.6 cm³/mol. The van der Waals surface area contributed by atoms with Gasteiger partial charge in [0.05, 0.1) is 14.2 Å². The molecule has 0 aliphatic heterocycles. The van der Waals surface area contributed by atoms with Crippen LogP contribution in [0.5, 0.6) is 5.75 Å². The number of carbonyl (C=O) groups is 1. The van der Waals surface area contributed by atoms with Crippen molar-refractivity contribution in [2.45, 2.75) is 0 Å². The molecule has 0 saturated heterocycles. The fraction of sp³-hybridized carbons (Fsp3) is 0.222. The van der Waals surface area contributed by atoms with Crippen molar-refractivity contribution in [3.8, 4) is 5.75 Å². The van der Waals surface area contributed by atoms with Crippen molar-refractivity contribution in [2.24, 2.45) is 0 Å². The van der Waals surface area contributed by atoms with Gasteiger partial charge in [-0.05, 0) is 12.1 Å². The molecule has 0 atom stereocenters. The quantitative estimate of drug-likeness (QED) is 0.550. The average Bonchev–Trinajstić information content (AvgIpc) is 2.28. The molecule has 0 aromatic heterocycles. The van der Waals surface area contributed by atoms with Crippen molar-refractivity contribution in [3.05, 3.63) is 35.0 Å². The summed E-state index contributed by atoms with van der Waals surface area (Å²) in [6.45, 7) is 0. The maximum atomic E-state index is 11.2. The fourth-order valence-electron chi connectivity index (χ4n) is 0.942. The molecule has 82 valence electrons. The molecule has 0 saturated carbocycles. The Morgan fingerprint density at radius 3 is 2.60 bits per heavy atom. The number of hydrogen-bond acceptors (Lipinski definition) is 6. The van der Waals surface area contributed by atoms with Gasteiger partial charge in [-0.3, -0.25) is 4.84 Å². The van der Waals surface area contributed by atoms with E-state index in [4.69, 9.17) is 0 Å². The van der Waals surface area contributed by atoms with Crippen LogP contribution in [0.1, 0.15) is 10.4 Å². The summed E-state index contributed by atoms with van der Waals surface area (Å²) in [4.78, 5) is 20.1. The molecule has 0 spiro atoms. The number of nitrogens with zero attached hydrogens (tertiary/aromatic N) is 1. The van der Waals surface area contributed by atoms with Crippen LogP contribution in [0, 0.1) is 5.21 Å². The van der Waals surface area contributed by atoms with Gasteiger partial charge in [0.15, 0.2) is 5.75 Å². The molecular weight excluding hydrogens is 202 g/mol. The number of carbonyl (C=O) groups excluding carboxylic acids is 1. The topological polar surface area (TPSA) is 71.1 Å². The molecule has 0 aliphatic carbocycles. The Kier molecular flexibility index (Phi) is 4.04. The SMILES string of the molecule is COC(=O)c1ccccc1ON([O-])OC. The van der Waals surface area contributed by atoms with Gasteiger partial charge in [-0.2, -0.15) is 0 Å². The molecule has 0 N–H and O–H groups in total. The molecule has 0 radical (unpaired) electrons. The maximum Gasteiger partial charge on any atom is 0.341 e. The Morgan fingerprint density at radius 2 is 2.00 bits per heavy atom. The summed E-state index contributed by atoms with van der Waals surface area (Å²) in [5.74, 6) is -0.517. The summed E-state index contributed by atoms with van der Waals surface area (Å²) < 4.78 is 4.51. The fourth-order valence-corrected chi connectivity index (χ4v) is 0.942. The highest BCUT2D eigenvalue weighted by Crippen LogP contribution is 2.19. The minimum absolute atomic E-state index is 0.0706. The second-order valence-corrected chi connectivity index (χ2v) is 2.49. The van der Waals surface area contributed by atoms with E-state index in [1.54, 1.807) is 12.1 Å². The zero-order valence-electron chi connectivity index (χ0n) is 8.30. The first kappa shape index (κ1) is 11.4. The smallest absolute Gasteiger partial charge is 0.341 e. The Hall–Kier alpha value is -1.63. The molecule has 6 nitrogen and oxygen atoms in total. The first-order valence-corrected chi connectivity index (χ1v) is 4.05. The van der Waals surface area contributed by atoms with Crippen molar-refractivity contribution in [2.75, 3.05) is 14.2 Å². The third-order valence-electron chi connectivity index (χ3n) is 1.61. The number of benzene rings is 1. The van der Waals surface area contributed by atoms with Gasteiger partial charge < -0.3 is 14.8 Å². The lowest BCUT2D eigenvalue weighted by atomic mass is 10.2. The summed E-state index contributed by atoms with van der Waals surface area (Å²) in [5, 5.41) is 10.7. The lowest BCUT2D eigenvalue weighted by Gasteiger charge is -2.24. The number of ether oxygens (including phenoxy) is 1. The standard InChI is InChI=1S/C9H10NO5/c1-13-9(11)7-5-3-4-6-8(7)15-10(12)14-2/h3-6H,1-2H3/q-1. The van der Waals surface area contributed by atoms with E-state index in [1.807, 2.05) is 0 Å². The molecule has 0 bridgehead atoms. The summed E-state index contributed by atoms with van der Waals surface area (Å²) in [6.07, 6.45) is 0. The highest BCUT2D eigenvalue weighted by atomic mass is 17.1. The number of esters is 1. The Morgan fingerprint density at radius 1 is 1.33 bits per heavy atom. The molecule has 15 heavy (non-hydrogen) atoms. The van der Waals surface area contributed by atoms with Gasteiger partial charge in [0.2, 0.25) is 0 Å². The van der Waals surface area contributed by atoms with E-state index < -0.39 is 5.97 Å². The van der Waals surface area contributed by atoms with Crippen LogP contribution in [0.2, 0.25) is 0 Å². The van der Waals surface area contributed by atoms with Gasteiger partial charge in [-0.15, -0.1) is 0 Å². The first-order chi connectivity index (χ1) is 7.19. The van der Waals surface area contributed by atoms with E-state index in [0.717, 1.165) is 7.11 Å². The molecule has 0 fully saturated rings. The number of para-hydroxylation sites is 1. The highest BCUT2D eigenvalue weighted by Gasteiger charge is 2.12. The minimum Gasteiger partial charge on any atom is -0.728 e. The second-order valence-electron chi connectivity index (χ2n) is 2.49. The van der Waals surface area contributed by atoms with Crippen LogP contribution in [0.15, 0.2) is 24.3 Å². The van der Waals surface area contributed by atoms with Gasteiger partial charge in [0.25, 0.3) is 0 Å². The third kappa shape index (κ3) is 2.91. The van der Waals surface area contributed by atoms with E-state index in [1.165, 1.54) is 19.2 Å². The van der Waals surface area contributed by atoms with Gasteiger partial charge in [-0.25, -0.2) is 4.79 Å². The number of methoxy groups -OCH3 is 1. The molecular formula is C9H10NO5-. The summed E-state index contributed by atoms with van der Waals surface area (Å²) >= 11 is 0. The van der Waals surface area contributed by atoms with Crippen molar-refractivity contribution >= 4 is 5.97 Å². The van der Waals surface area contributed by atoms with Gasteiger partial charge >= 0.3 is 5.97 Å². The number of hydrogen-bond donors (Lipinski definition) is 0. The van der Waals surface area contributed by atoms with Crippen LogP contribution < -0.4 is 4.84 Å². The zero-order chi connectivity index (χ0) is 11.3. The molecule has 0 aliphatic rings. The van der Waals surface area contributed by atoms with E-state index in [0.29, 0.717) is 0 Å². The van der Waals surface area contributed by atoms with Crippen LogP contribution in [0.4, 0.5) is 0 Å². The normalized spacial score (nSPS) is 10.1. The van der Waals surface area contributed by atoms with Crippen LogP contribution in [0.25, 0.3) is 0 Å². The summed E-state index contributed by atoms with van der Waals surface area (Å²) in [5.41, 5.74) is 0.151. The van der Waals surface area contributed by atoms with E-state index in [2.05, 4.69) is 14.4 Å². The van der Waals surface area contributed by atoms with E-state index in [9.17, 15) is 10.0 Å². The minimum atomic E-state index is -0.588. The molecule has 0 heterocycles. The van der Waals surface area contributed by atoms with Crippen molar-refractivity contribution in [1.82, 2.24) is 5.39 Å². The monoisotopic (exact) mass is 212 g/mol. The second kappa shape index (κ2) is 5.30. The van der Waals surface area contributed by atoms with Crippen LogP contribution in [-0.4, -0.2) is 25.6 Å². The van der Waals surface area contributed by atoms with Gasteiger partial charge in [0.1, 0.15) is 5.56 Å². The Balaban J connectivity index is 2.91. The van der Waals surface area contributed by atoms with Gasteiger partial charge in [-0.1, -0.05) is 17.5 Å². The lowest BCUT2D eigenvalue weighted by Crippen LogP contribution is -2.20. The largest absolute Gasteiger partial charge is 0.728 e. The van der Waals surface area contributed by atoms with Crippen LogP contribution >= 0.6 is 0 Å². The first-order valence-electron chi connectivity index (χ1n) is 4.05. The molecule has 1 aromatic rings. The Bertz CT molecular complexity index is 341. The van der Waals surface area contributed by atoms with Crippen LogP contribution in [0.3, 0.4) is 0 Å². The van der Waals surface area contributed by atoms with E-state index in [-0.39, 0.29) is 16.7 Å². The van der Waals surface area contributed by atoms with Crippen molar-refractivity contribution in [1.29, 1.82) is 0 Å². The molecule has 0 amide bonds. The molecule has 0 unspecified atom stereocenters. The molecule has 1 aromatic carbocycles. The summed E-state index contributed by atoms with van der Waals surface area (Å²) in [6, 6.07) is 6.17. The number of rotatable bonds is 4. The lowest BCUT2D eigenvalue weighted by molar-refractivity contribution is -0.265. The van der Waals surface area contributed by atoms with E-state index >= 15 is 0 Å². The Labute approximate surface area is 86.4 Å². The zero-order valence-corrected chi connectivity index (χ0v) is 8.30. The molecule has 6 heteroatoms. The predicted octanol–water partition coefficient (Wildman–Crippen LogP) is 1.13. The van der Waals surface area contributed by atoms with Crippen molar-refractivity contribution < 1.29 is 19.2 Å². The average molecular weight is 212 g/mol. The highest BCUT2D eigenvalue weighted by molar-refractivity contribution is 5.92. The summed E-state index contributed by atoms with van der Waals surface area (Å²) in [7, 11) is 2.39. The van der Waals surface area contributed by atoms with Crippen molar-refractivity contribution in [3.63, 3.8) is 0 Å².